The molecule has 0 spiro atoms. The van der Waals surface area contributed by atoms with Crippen molar-refractivity contribution < 1.29 is 19.8 Å². The number of carbonyl (C=O) groups is 2. The third-order valence-electron chi connectivity index (χ3n) is 3.32. The number of nitrogens with zero attached hydrogens (tertiary/aromatic N) is 1. The highest BCUT2D eigenvalue weighted by molar-refractivity contribution is 6.32. The van der Waals surface area contributed by atoms with Crippen molar-refractivity contribution in [1.82, 2.24) is 4.90 Å². The number of imide groups is 1. The van der Waals surface area contributed by atoms with Crippen LogP contribution < -0.4 is 0 Å². The second-order valence-electron chi connectivity index (χ2n) is 4.87. The van der Waals surface area contributed by atoms with Gasteiger partial charge in [-0.3, -0.25) is 9.59 Å². The predicted molar refractivity (Wildman–Crippen MR) is 73.3 cm³/mol. The standard InChI is InChI=1S/C14H16ClNO4/c1-2-3-4-7-14(19,20)16-12(17)10-6-5-9(15)8-11(10)13(16)18/h5-6,8,19-20H,2-4,7H2,1H3. The smallest absolute Gasteiger partial charge is 0.265 e. The lowest BCUT2D eigenvalue weighted by atomic mass is 10.1. The number of aliphatic hydroxyl groups is 2. The van der Waals surface area contributed by atoms with Crippen molar-refractivity contribution in [2.75, 3.05) is 0 Å². The van der Waals surface area contributed by atoms with E-state index in [0.29, 0.717) is 16.3 Å². The molecule has 1 aromatic rings. The topological polar surface area (TPSA) is 77.8 Å². The molecule has 1 aliphatic heterocycles. The molecule has 0 radical (unpaired) electrons. The molecular weight excluding hydrogens is 282 g/mol. The van der Waals surface area contributed by atoms with Gasteiger partial charge in [0.1, 0.15) is 0 Å². The number of benzene rings is 1. The molecule has 5 nitrogen and oxygen atoms in total. The highest BCUT2D eigenvalue weighted by atomic mass is 35.5. The first-order valence-corrected chi connectivity index (χ1v) is 6.89. The lowest BCUT2D eigenvalue weighted by molar-refractivity contribution is -0.232. The Morgan fingerprint density at radius 2 is 1.80 bits per heavy atom. The number of fused-ring (bicyclic) bond motifs is 1. The molecule has 2 N–H and O–H groups in total. The van der Waals surface area contributed by atoms with Crippen molar-refractivity contribution >= 4 is 23.4 Å². The Morgan fingerprint density at radius 1 is 1.15 bits per heavy atom. The van der Waals surface area contributed by atoms with E-state index < -0.39 is 17.7 Å². The molecule has 0 unspecified atom stereocenters. The van der Waals surface area contributed by atoms with Gasteiger partial charge in [-0.15, -0.1) is 0 Å². The first kappa shape index (κ1) is 15.0. The third kappa shape index (κ3) is 2.57. The molecule has 0 saturated heterocycles. The number of carbonyl (C=O) groups excluding carboxylic acids is 2. The largest absolute Gasteiger partial charge is 0.348 e. The van der Waals surface area contributed by atoms with Crippen molar-refractivity contribution in [1.29, 1.82) is 0 Å². The van der Waals surface area contributed by atoms with Gasteiger partial charge in [0.2, 0.25) is 0 Å². The van der Waals surface area contributed by atoms with E-state index in [9.17, 15) is 19.8 Å². The summed E-state index contributed by atoms with van der Waals surface area (Å²) in [6, 6.07) is 4.27. The van der Waals surface area contributed by atoms with E-state index in [2.05, 4.69) is 0 Å². The molecular formula is C14H16ClNO4. The number of hydrogen-bond donors (Lipinski definition) is 2. The lowest BCUT2D eigenvalue weighted by Crippen LogP contribution is -2.51. The second-order valence-corrected chi connectivity index (χ2v) is 5.30. The van der Waals surface area contributed by atoms with Crippen LogP contribution in [0.5, 0.6) is 0 Å². The fourth-order valence-electron chi connectivity index (χ4n) is 2.26. The van der Waals surface area contributed by atoms with Gasteiger partial charge in [-0.25, -0.2) is 4.90 Å². The van der Waals surface area contributed by atoms with E-state index in [1.54, 1.807) is 0 Å². The molecule has 0 aliphatic carbocycles. The van der Waals surface area contributed by atoms with Crippen molar-refractivity contribution in [3.05, 3.63) is 34.3 Å². The number of halogens is 1. The van der Waals surface area contributed by atoms with Gasteiger partial charge >= 0.3 is 0 Å². The molecule has 0 atom stereocenters. The average Bonchev–Trinajstić information content (AvgIpc) is 2.62. The van der Waals surface area contributed by atoms with Crippen LogP contribution in [-0.4, -0.2) is 32.8 Å². The van der Waals surface area contributed by atoms with Crippen LogP contribution in [0.15, 0.2) is 18.2 Å². The van der Waals surface area contributed by atoms with E-state index >= 15 is 0 Å². The maximum atomic E-state index is 12.2. The summed E-state index contributed by atoms with van der Waals surface area (Å²) in [5.74, 6) is -3.90. The molecule has 1 aromatic carbocycles. The number of rotatable bonds is 5. The molecule has 108 valence electrons. The third-order valence-corrected chi connectivity index (χ3v) is 3.56. The monoisotopic (exact) mass is 297 g/mol. The maximum Gasteiger partial charge on any atom is 0.265 e. The summed E-state index contributed by atoms with van der Waals surface area (Å²) in [5, 5.41) is 20.4. The minimum absolute atomic E-state index is 0.0694. The predicted octanol–water partition coefficient (Wildman–Crippen LogP) is 2.15. The van der Waals surface area contributed by atoms with Gasteiger partial charge in [0.15, 0.2) is 0 Å². The molecule has 6 heteroatoms. The van der Waals surface area contributed by atoms with E-state index in [1.165, 1.54) is 18.2 Å². The summed E-state index contributed by atoms with van der Waals surface area (Å²) < 4.78 is 0. The first-order valence-electron chi connectivity index (χ1n) is 6.51. The molecule has 0 saturated carbocycles. The molecule has 2 rings (SSSR count). The van der Waals surface area contributed by atoms with Crippen LogP contribution in [0.2, 0.25) is 5.02 Å². The average molecular weight is 298 g/mol. The maximum absolute atomic E-state index is 12.2. The lowest BCUT2D eigenvalue weighted by Gasteiger charge is -2.30. The van der Waals surface area contributed by atoms with Crippen LogP contribution in [0, 0.1) is 0 Å². The summed E-state index contributed by atoms with van der Waals surface area (Å²) in [7, 11) is 0. The zero-order chi connectivity index (χ0) is 14.9. The minimum atomic E-state index is -2.46. The van der Waals surface area contributed by atoms with Crippen LogP contribution in [0.1, 0.15) is 53.3 Å². The number of unbranched alkanes of at least 4 members (excludes halogenated alkanes) is 2. The highest BCUT2D eigenvalue weighted by Gasteiger charge is 2.47. The van der Waals surface area contributed by atoms with Gasteiger partial charge < -0.3 is 10.2 Å². The number of amides is 2. The normalized spacial score (nSPS) is 14.9. The van der Waals surface area contributed by atoms with Gasteiger partial charge in [0.25, 0.3) is 17.7 Å². The van der Waals surface area contributed by atoms with Gasteiger partial charge in [0.05, 0.1) is 11.1 Å². The molecule has 1 aliphatic rings. The quantitative estimate of drug-likeness (QED) is 0.496. The Labute approximate surface area is 121 Å². The Bertz CT molecular complexity index is 556. The van der Waals surface area contributed by atoms with E-state index in [0.717, 1.165) is 12.8 Å². The summed E-state index contributed by atoms with van der Waals surface area (Å²) in [5.41, 5.74) is 0.243. The summed E-state index contributed by atoms with van der Waals surface area (Å²) in [6.45, 7) is 1.97. The van der Waals surface area contributed by atoms with Crippen LogP contribution in [0.4, 0.5) is 0 Å². The van der Waals surface area contributed by atoms with E-state index in [4.69, 9.17) is 11.6 Å². The van der Waals surface area contributed by atoms with Gasteiger partial charge in [-0.1, -0.05) is 31.4 Å². The summed E-state index contributed by atoms with van der Waals surface area (Å²) in [6.07, 6.45) is 2.13. The Balaban J connectivity index is 2.27. The van der Waals surface area contributed by atoms with Gasteiger partial charge in [-0.05, 0) is 24.6 Å². The fourth-order valence-corrected chi connectivity index (χ4v) is 2.43. The second kappa shape index (κ2) is 5.52. The molecule has 0 aromatic heterocycles. The van der Waals surface area contributed by atoms with E-state index in [1.807, 2.05) is 6.92 Å². The Hall–Kier alpha value is -1.43. The molecule has 1 heterocycles. The van der Waals surface area contributed by atoms with Crippen LogP contribution in [0.3, 0.4) is 0 Å². The first-order chi connectivity index (χ1) is 9.38. The fraction of sp³-hybridized carbons (Fsp3) is 0.429. The van der Waals surface area contributed by atoms with Gasteiger partial charge in [-0.2, -0.15) is 0 Å². The van der Waals surface area contributed by atoms with Crippen molar-refractivity contribution in [3.8, 4) is 0 Å². The molecule has 20 heavy (non-hydrogen) atoms. The van der Waals surface area contributed by atoms with E-state index in [-0.39, 0.29) is 17.5 Å². The zero-order valence-electron chi connectivity index (χ0n) is 11.1. The summed E-state index contributed by atoms with van der Waals surface area (Å²) in [4.78, 5) is 24.8. The van der Waals surface area contributed by atoms with Crippen molar-refractivity contribution in [2.24, 2.45) is 0 Å². The Morgan fingerprint density at radius 3 is 2.45 bits per heavy atom. The Kier molecular flexibility index (Phi) is 4.13. The van der Waals surface area contributed by atoms with Crippen molar-refractivity contribution in [3.63, 3.8) is 0 Å². The summed E-state index contributed by atoms with van der Waals surface area (Å²) >= 11 is 5.79. The van der Waals surface area contributed by atoms with Crippen LogP contribution in [-0.2, 0) is 0 Å². The molecule has 0 bridgehead atoms. The van der Waals surface area contributed by atoms with Crippen molar-refractivity contribution in [2.45, 2.75) is 38.5 Å². The van der Waals surface area contributed by atoms with Crippen LogP contribution in [0.25, 0.3) is 0 Å². The molecule has 2 amide bonds. The van der Waals surface area contributed by atoms with Gasteiger partial charge in [0, 0.05) is 11.4 Å². The molecule has 0 fully saturated rings. The minimum Gasteiger partial charge on any atom is -0.348 e. The number of hydrogen-bond acceptors (Lipinski definition) is 4. The zero-order valence-corrected chi connectivity index (χ0v) is 11.9. The highest BCUT2D eigenvalue weighted by Crippen LogP contribution is 2.31. The van der Waals surface area contributed by atoms with Crippen LogP contribution >= 0.6 is 11.6 Å². The SMILES string of the molecule is CCCCCC(O)(O)N1C(=O)c2ccc(Cl)cc2C1=O.